The van der Waals surface area contributed by atoms with E-state index >= 15 is 0 Å². The van der Waals surface area contributed by atoms with E-state index in [1.807, 2.05) is 206 Å². The number of nitrogens with one attached hydrogen (secondary N) is 4. The first-order chi connectivity index (χ1) is 49.9. The van der Waals surface area contributed by atoms with Crippen LogP contribution in [0.4, 0.5) is 0 Å². The quantitative estimate of drug-likeness (QED) is 0.0314. The summed E-state index contributed by atoms with van der Waals surface area (Å²) in [6, 6.07) is 49.8. The van der Waals surface area contributed by atoms with Crippen LogP contribution in [-0.4, -0.2) is 117 Å². The van der Waals surface area contributed by atoms with Gasteiger partial charge in [-0.15, -0.1) is 0 Å². The van der Waals surface area contributed by atoms with E-state index in [2.05, 4.69) is 31.8 Å². The van der Waals surface area contributed by atoms with E-state index in [1.165, 1.54) is 0 Å². The second kappa shape index (κ2) is 29.8. The fraction of sp³-hybridized carbons (Fsp3) is 0.146. The van der Waals surface area contributed by atoms with Crippen LogP contribution in [0, 0.1) is 11.8 Å². The van der Waals surface area contributed by atoms with E-state index in [0.29, 0.717) is 90.7 Å². The number of esters is 4. The molecule has 0 amide bonds. The molecule has 102 heavy (non-hydrogen) atoms. The normalized spacial score (nSPS) is 11.8. The molecular formula is C82H66N8O12. The number of aromatic amines is 4. The Morgan fingerprint density at radius 1 is 0.304 bits per heavy atom. The molecule has 14 rings (SSSR count). The number of hydrogen-bond donors (Lipinski definition) is 4. The molecule has 6 aromatic heterocycles. The maximum atomic E-state index is 12.3. The molecule has 4 N–H and O–H groups in total. The third-order valence-electron chi connectivity index (χ3n) is 16.7. The Morgan fingerprint density at radius 3 is 0.882 bits per heavy atom. The van der Waals surface area contributed by atoms with Gasteiger partial charge in [-0.25, -0.2) is 39.1 Å². The maximum Gasteiger partial charge on any atom is 0.344 e. The van der Waals surface area contributed by atoms with Crippen LogP contribution in [0.2, 0.25) is 0 Å². The molecule has 506 valence electrons. The number of fused-ring (bicyclic) bond motifs is 16. The Hall–Kier alpha value is -13.3. The van der Waals surface area contributed by atoms with Gasteiger partial charge in [-0.2, -0.15) is 0 Å². The molecule has 0 saturated carbocycles. The van der Waals surface area contributed by atoms with Gasteiger partial charge in [0.05, 0.1) is 94.1 Å². The molecule has 16 bridgehead atoms. The highest BCUT2D eigenvalue weighted by molar-refractivity contribution is 5.98. The summed E-state index contributed by atoms with van der Waals surface area (Å²) in [5, 5.41) is 0. The Kier molecular flexibility index (Phi) is 19.3. The van der Waals surface area contributed by atoms with Gasteiger partial charge in [0.25, 0.3) is 0 Å². The predicted molar refractivity (Wildman–Crippen MR) is 394 cm³/mol. The SMILES string of the molecule is CCOC(=O)COc1ccc(-c2c3nc(c(C#Cc4c5nc(c(-c6ccc(OCC(=O)OCC)cc6)c6ccc(cc7nc(c(-c8ccc(OCC(=O)OCC)cc8)c8ccc4[nH]8)C=C7)[nH]6)C=C5)c4ccc([nH]4)c(-c4ccc(OCC(=O)OCC)cc4)c4nc(cc5ccc2[nH]5)C=C4)C=C3)cc1. The molecule has 0 atom stereocenters. The van der Waals surface area contributed by atoms with Crippen LogP contribution < -0.4 is 18.9 Å². The van der Waals surface area contributed by atoms with Gasteiger partial charge >= 0.3 is 23.9 Å². The van der Waals surface area contributed by atoms with E-state index in [9.17, 15) is 19.2 Å². The molecular weight excluding hydrogens is 1290 g/mol. The summed E-state index contributed by atoms with van der Waals surface area (Å²) in [5.74, 6) is 7.40. The van der Waals surface area contributed by atoms with Crippen molar-refractivity contribution < 1.29 is 57.1 Å². The van der Waals surface area contributed by atoms with Crippen LogP contribution in [0.1, 0.15) is 84.4 Å². The molecule has 0 unspecified atom stereocenters. The lowest BCUT2D eigenvalue weighted by Crippen LogP contribution is -2.14. The van der Waals surface area contributed by atoms with Crippen molar-refractivity contribution in [2.75, 3.05) is 52.9 Å². The van der Waals surface area contributed by atoms with E-state index < -0.39 is 23.9 Å². The number of aromatic nitrogens is 8. The number of carbonyl (C=O) groups is 4. The summed E-state index contributed by atoms with van der Waals surface area (Å²) in [4.78, 5) is 85.5. The van der Waals surface area contributed by atoms with Crippen LogP contribution in [-0.2, 0) is 38.1 Å². The van der Waals surface area contributed by atoms with E-state index in [-0.39, 0.29) is 52.9 Å². The Labute approximate surface area is 585 Å². The molecule has 10 heterocycles. The van der Waals surface area contributed by atoms with Gasteiger partial charge in [-0.3, -0.25) is 0 Å². The molecule has 20 heteroatoms. The average molecular weight is 1360 g/mol. The van der Waals surface area contributed by atoms with E-state index in [1.54, 1.807) is 27.7 Å². The third kappa shape index (κ3) is 14.8. The Morgan fingerprint density at radius 2 is 0.569 bits per heavy atom. The fourth-order valence-electron chi connectivity index (χ4n) is 12.1. The van der Waals surface area contributed by atoms with Gasteiger partial charge in [-0.05, 0) is 208 Å². The first-order valence-corrected chi connectivity index (χ1v) is 33.3. The number of benzene rings is 4. The number of nitrogens with zero attached hydrogens (tertiary/aromatic N) is 4. The predicted octanol–water partition coefficient (Wildman–Crippen LogP) is 15.5. The number of rotatable bonds is 20. The number of carbonyl (C=O) groups excluding carboxylic acids is 4. The van der Waals surface area contributed by atoms with Gasteiger partial charge in [0, 0.05) is 55.4 Å². The lowest BCUT2D eigenvalue weighted by Gasteiger charge is -2.08. The second-order valence-electron chi connectivity index (χ2n) is 23.4. The van der Waals surface area contributed by atoms with Crippen molar-refractivity contribution in [3.63, 3.8) is 0 Å². The van der Waals surface area contributed by atoms with E-state index in [0.717, 1.165) is 77.6 Å². The van der Waals surface area contributed by atoms with Crippen LogP contribution in [0.3, 0.4) is 0 Å². The van der Waals surface area contributed by atoms with Crippen LogP contribution >= 0.6 is 0 Å². The monoisotopic (exact) mass is 1350 g/mol. The van der Waals surface area contributed by atoms with Crippen LogP contribution in [0.25, 0.3) is 137 Å². The third-order valence-corrected chi connectivity index (χ3v) is 16.7. The highest BCUT2D eigenvalue weighted by Gasteiger charge is 2.21. The summed E-state index contributed by atoms with van der Waals surface area (Å²) in [6.45, 7) is 6.99. The zero-order valence-corrected chi connectivity index (χ0v) is 56.0. The average Bonchev–Trinajstić information content (AvgIpc) is 1.63. The second-order valence-corrected chi connectivity index (χ2v) is 23.4. The topological polar surface area (TPSA) is 257 Å². The highest BCUT2D eigenvalue weighted by atomic mass is 16.6. The summed E-state index contributed by atoms with van der Waals surface area (Å²) >= 11 is 0. The summed E-state index contributed by atoms with van der Waals surface area (Å²) in [7, 11) is 0. The van der Waals surface area contributed by atoms with Gasteiger partial charge < -0.3 is 57.8 Å². The number of H-pyrrole nitrogens is 4. The lowest BCUT2D eigenvalue weighted by atomic mass is 10.0. The summed E-state index contributed by atoms with van der Waals surface area (Å²) < 4.78 is 43.8. The van der Waals surface area contributed by atoms with Gasteiger partial charge in [-0.1, -0.05) is 60.4 Å². The first kappa shape index (κ1) is 66.0. The van der Waals surface area contributed by atoms with E-state index in [4.69, 9.17) is 57.8 Å². The molecule has 4 aliphatic heterocycles. The van der Waals surface area contributed by atoms with Crippen molar-refractivity contribution >= 4 is 117 Å². The minimum Gasteiger partial charge on any atom is -0.482 e. The van der Waals surface area contributed by atoms with Crippen LogP contribution in [0.5, 0.6) is 23.0 Å². The molecule has 4 aliphatic rings. The van der Waals surface area contributed by atoms with Gasteiger partial charge in [0.1, 0.15) is 23.0 Å². The van der Waals surface area contributed by atoms with Gasteiger partial charge in [0.15, 0.2) is 26.4 Å². The molecule has 0 radical (unpaired) electrons. The number of hydrogen-bond acceptors (Lipinski definition) is 16. The molecule has 0 spiro atoms. The van der Waals surface area contributed by atoms with Crippen LogP contribution in [0.15, 0.2) is 158 Å². The minimum absolute atomic E-state index is 0.241. The van der Waals surface area contributed by atoms with Crippen molar-refractivity contribution in [2.45, 2.75) is 27.7 Å². The van der Waals surface area contributed by atoms with Crippen molar-refractivity contribution in [3.8, 4) is 79.3 Å². The molecule has 4 aromatic carbocycles. The fourth-order valence-corrected chi connectivity index (χ4v) is 12.1. The summed E-state index contributed by atoms with van der Waals surface area (Å²) in [5.41, 5.74) is 18.4. The number of ether oxygens (including phenoxy) is 8. The largest absolute Gasteiger partial charge is 0.482 e. The summed E-state index contributed by atoms with van der Waals surface area (Å²) in [6.07, 6.45) is 15.7. The Balaban J connectivity index is 1.01. The molecule has 0 fully saturated rings. The zero-order valence-electron chi connectivity index (χ0n) is 56.0. The van der Waals surface area contributed by atoms with Crippen molar-refractivity contribution in [1.82, 2.24) is 39.9 Å². The minimum atomic E-state index is -0.470. The highest BCUT2D eigenvalue weighted by Crippen LogP contribution is 2.38. The molecule has 10 aromatic rings. The zero-order chi connectivity index (χ0) is 70.1. The molecule has 20 nitrogen and oxygen atoms in total. The van der Waals surface area contributed by atoms with Crippen molar-refractivity contribution in [1.29, 1.82) is 0 Å². The molecule has 0 aliphatic carbocycles. The smallest absolute Gasteiger partial charge is 0.344 e. The maximum absolute atomic E-state index is 12.3. The lowest BCUT2D eigenvalue weighted by molar-refractivity contribution is -0.146. The standard InChI is InChI=1S/C82H66N8O12/c1-5-95-75(91)45-99-57-21-9-49(10-22-57)79-67-31-17-53(83-67)43-54-18-32-68(84-54)80(50-11-23-58(24-12-50)100-46-76(92)96-6-2)72-40-36-64(88-72)61(63-35-39-71(79)87-63)29-30-62-65-37-41-73(89-65)81(51-13-25-59(26-14-51)101-47-77(93)97-7-3)69-33-19-55(85-69)44-56-20-34-70(86-56)82(74-42-38-66(62)90-74)52-15-27-60(28-16-52)102-48-78(94)98-8-4/h9-28,31-44,83,85,88,90H,5-8,45-48H2,1-4H3. The van der Waals surface area contributed by atoms with Crippen molar-refractivity contribution in [2.24, 2.45) is 0 Å². The molecule has 0 saturated heterocycles. The first-order valence-electron chi connectivity index (χ1n) is 33.3. The Bertz CT molecular complexity index is 5030. The van der Waals surface area contributed by atoms with Gasteiger partial charge in [0.2, 0.25) is 0 Å². The van der Waals surface area contributed by atoms with Crippen molar-refractivity contribution in [3.05, 3.63) is 214 Å².